The molecule has 3 aromatic carbocycles. The number of nitrogens with two attached hydrogens (primary N) is 1. The van der Waals surface area contributed by atoms with Crippen LogP contribution < -0.4 is 20.5 Å². The molecule has 0 radical (unpaired) electrons. The van der Waals surface area contributed by atoms with Gasteiger partial charge in [-0.15, -0.1) is 0 Å². The zero-order valence-electron chi connectivity index (χ0n) is 27.1. The Labute approximate surface area is 284 Å². The average Bonchev–Trinajstić information content (AvgIpc) is 3.92. The number of halogens is 2. The normalized spacial score (nSPS) is 15.1. The molecule has 252 valence electrons. The maximum absolute atomic E-state index is 14.1. The van der Waals surface area contributed by atoms with Crippen molar-refractivity contribution in [2.45, 2.75) is 63.4 Å². The van der Waals surface area contributed by atoms with Crippen LogP contribution in [-0.2, 0) is 22.5 Å². The van der Waals surface area contributed by atoms with Crippen LogP contribution in [0.1, 0.15) is 66.7 Å². The summed E-state index contributed by atoms with van der Waals surface area (Å²) in [5, 5.41) is 14.5. The summed E-state index contributed by atoms with van der Waals surface area (Å²) in [5.74, 6) is 0.245. The Morgan fingerprint density at radius 2 is 1.79 bits per heavy atom. The van der Waals surface area contributed by atoms with Crippen LogP contribution in [0.5, 0.6) is 11.5 Å². The second-order valence-electron chi connectivity index (χ2n) is 12.4. The molecule has 0 aliphatic heterocycles. The first-order valence-electron chi connectivity index (χ1n) is 15.7. The number of pyridine rings is 1. The molecule has 11 heteroatoms. The Kier molecular flexibility index (Phi) is 10.7. The highest BCUT2D eigenvalue weighted by atomic mass is 35.5. The van der Waals surface area contributed by atoms with E-state index < -0.39 is 23.1 Å². The van der Waals surface area contributed by atoms with Crippen LogP contribution >= 0.6 is 11.6 Å². The van der Waals surface area contributed by atoms with Gasteiger partial charge in [0.05, 0.1) is 35.2 Å². The molecule has 1 aromatic heterocycles. The second kappa shape index (κ2) is 14.7. The number of nitrogens with zero attached hydrogens (tertiary/aromatic N) is 1. The fourth-order valence-electron chi connectivity index (χ4n) is 5.09. The Hall–Kier alpha value is -4.51. The van der Waals surface area contributed by atoms with Gasteiger partial charge in [0.2, 0.25) is 0 Å². The molecule has 1 saturated carbocycles. The van der Waals surface area contributed by atoms with Gasteiger partial charge in [-0.2, -0.15) is 0 Å². The van der Waals surface area contributed by atoms with Gasteiger partial charge in [0.1, 0.15) is 18.0 Å². The van der Waals surface area contributed by atoms with Crippen molar-refractivity contribution in [1.29, 1.82) is 0 Å². The molecule has 2 unspecified atom stereocenters. The van der Waals surface area contributed by atoms with Gasteiger partial charge in [0.25, 0.3) is 0 Å². The van der Waals surface area contributed by atoms with Crippen molar-refractivity contribution in [3.63, 3.8) is 0 Å². The molecule has 1 heterocycles. The lowest BCUT2D eigenvalue weighted by atomic mass is 9.86. The number of hydrogen-bond acceptors (Lipinski definition) is 8. The van der Waals surface area contributed by atoms with E-state index in [0.717, 1.165) is 18.4 Å². The number of alkyl carbamates (subject to hydrolysis) is 1. The number of benzene rings is 3. The molecule has 0 spiro atoms. The van der Waals surface area contributed by atoms with Crippen molar-refractivity contribution < 1.29 is 33.3 Å². The van der Waals surface area contributed by atoms with Gasteiger partial charge in [0, 0.05) is 24.1 Å². The van der Waals surface area contributed by atoms with Crippen LogP contribution in [0.2, 0.25) is 5.02 Å². The van der Waals surface area contributed by atoms with E-state index in [-0.39, 0.29) is 48.6 Å². The van der Waals surface area contributed by atoms with Crippen molar-refractivity contribution >= 4 is 23.5 Å². The Morgan fingerprint density at radius 3 is 2.46 bits per heavy atom. The zero-order valence-corrected chi connectivity index (χ0v) is 27.9. The molecule has 5 rings (SSSR count). The van der Waals surface area contributed by atoms with E-state index in [1.807, 2.05) is 30.3 Å². The molecule has 1 amide bonds. The van der Waals surface area contributed by atoms with Crippen molar-refractivity contribution in [3.05, 3.63) is 112 Å². The lowest BCUT2D eigenvalue weighted by Gasteiger charge is -2.32. The summed E-state index contributed by atoms with van der Waals surface area (Å²) in [6.45, 7) is 3.30. The molecule has 1 fully saturated rings. The molecule has 0 saturated heterocycles. The molecule has 48 heavy (non-hydrogen) atoms. The third-order valence-electron chi connectivity index (χ3n) is 8.37. The molecule has 4 N–H and O–H groups in total. The van der Waals surface area contributed by atoms with Crippen molar-refractivity contribution in [2.75, 3.05) is 13.7 Å². The number of ether oxygens (including phenoxy) is 3. The van der Waals surface area contributed by atoms with E-state index in [9.17, 15) is 19.1 Å². The minimum Gasteiger partial charge on any atom is -0.493 e. The highest BCUT2D eigenvalue weighted by Crippen LogP contribution is 2.36. The fraction of sp³-hybridized carbons (Fsp3) is 0.324. The number of methoxy groups -OCH3 is 1. The maximum Gasteiger partial charge on any atom is 0.408 e. The molecule has 9 nitrogen and oxygen atoms in total. The SMILES string of the molecule is COc1cc(C(=O)CCC(C)(O)c2cc(C(C)(CN)NC(=O)OCc3ccccc3)cc(-c3ccc(F)c(Cl)c3)n2)ccc1OC1CC1. The Morgan fingerprint density at radius 1 is 1.04 bits per heavy atom. The zero-order chi connectivity index (χ0) is 34.5. The Balaban J connectivity index is 1.41. The van der Waals surface area contributed by atoms with E-state index in [0.29, 0.717) is 33.9 Å². The summed E-state index contributed by atoms with van der Waals surface area (Å²) in [4.78, 5) is 31.0. The number of hydrogen-bond donors (Lipinski definition) is 3. The predicted octanol–water partition coefficient (Wildman–Crippen LogP) is 7.06. The molecule has 1 aliphatic rings. The number of carbonyl (C=O) groups excluding carboxylic acids is 2. The summed E-state index contributed by atoms with van der Waals surface area (Å²) >= 11 is 6.11. The number of Topliss-reactive ketones (excluding diaryl/α,β-unsaturated/α-hetero) is 1. The van der Waals surface area contributed by atoms with Crippen LogP contribution in [0, 0.1) is 5.82 Å². The van der Waals surface area contributed by atoms with Crippen LogP contribution in [0.3, 0.4) is 0 Å². The summed E-state index contributed by atoms with van der Waals surface area (Å²) in [6, 6.07) is 21.8. The van der Waals surface area contributed by atoms with Gasteiger partial charge in [0.15, 0.2) is 17.3 Å². The second-order valence-corrected chi connectivity index (χ2v) is 12.8. The summed E-state index contributed by atoms with van der Waals surface area (Å²) in [7, 11) is 1.52. The van der Waals surface area contributed by atoms with Gasteiger partial charge >= 0.3 is 6.09 Å². The number of aromatic nitrogens is 1. The molecule has 2 atom stereocenters. The van der Waals surface area contributed by atoms with Gasteiger partial charge in [-0.25, -0.2) is 14.2 Å². The first-order valence-corrected chi connectivity index (χ1v) is 16.1. The van der Waals surface area contributed by atoms with Crippen LogP contribution in [0.25, 0.3) is 11.3 Å². The fourth-order valence-corrected chi connectivity index (χ4v) is 5.27. The summed E-state index contributed by atoms with van der Waals surface area (Å²) in [6.07, 6.45) is 1.45. The highest BCUT2D eigenvalue weighted by Gasteiger charge is 2.33. The van der Waals surface area contributed by atoms with E-state index in [4.69, 9.17) is 36.5 Å². The van der Waals surface area contributed by atoms with Crippen LogP contribution in [0.15, 0.2) is 78.9 Å². The molecule has 1 aliphatic carbocycles. The lowest BCUT2D eigenvalue weighted by molar-refractivity contribution is 0.0396. The average molecular weight is 676 g/mol. The molecular formula is C37H39ClFN3O6. The maximum atomic E-state index is 14.1. The van der Waals surface area contributed by atoms with Crippen LogP contribution in [0.4, 0.5) is 9.18 Å². The number of nitrogens with one attached hydrogen (secondary N) is 1. The summed E-state index contributed by atoms with van der Waals surface area (Å²) in [5.41, 5.74) is 6.23. The smallest absolute Gasteiger partial charge is 0.408 e. The summed E-state index contributed by atoms with van der Waals surface area (Å²) < 4.78 is 30.8. The lowest BCUT2D eigenvalue weighted by Crippen LogP contribution is -2.49. The van der Waals surface area contributed by atoms with E-state index in [2.05, 4.69) is 5.32 Å². The highest BCUT2D eigenvalue weighted by molar-refractivity contribution is 6.31. The van der Waals surface area contributed by atoms with E-state index >= 15 is 0 Å². The minimum atomic E-state index is -1.60. The van der Waals surface area contributed by atoms with Crippen LogP contribution in [-0.4, -0.2) is 41.7 Å². The van der Waals surface area contributed by atoms with Gasteiger partial charge in [-0.1, -0.05) is 41.9 Å². The third-order valence-corrected chi connectivity index (χ3v) is 8.66. The number of rotatable bonds is 14. The van der Waals surface area contributed by atoms with Crippen molar-refractivity contribution in [2.24, 2.45) is 5.73 Å². The third kappa shape index (κ3) is 8.49. The standard InChI is InChI=1S/C37H39ClFN3O6/c1-36(22-40,42-35(44)47-21-23-7-5-4-6-8-23)26-19-30(24-9-13-29(39)28(38)17-24)41-34(20-26)37(2,45)16-15-31(43)25-10-14-32(33(18-25)46-3)48-27-11-12-27/h4-10,13-14,17-20,27,45H,11-12,15-16,21-22,40H2,1-3H3,(H,42,44). The van der Waals surface area contributed by atoms with E-state index in [1.165, 1.54) is 25.3 Å². The molecule has 4 aromatic rings. The first-order chi connectivity index (χ1) is 22.9. The Bertz CT molecular complexity index is 1780. The molecular weight excluding hydrogens is 637 g/mol. The van der Waals surface area contributed by atoms with Crippen molar-refractivity contribution in [3.8, 4) is 22.8 Å². The minimum absolute atomic E-state index is 0.0131. The quantitative estimate of drug-likeness (QED) is 0.121. The number of amides is 1. The number of carbonyl (C=O) groups is 2. The number of aliphatic hydroxyl groups is 1. The van der Waals surface area contributed by atoms with Crippen molar-refractivity contribution in [1.82, 2.24) is 10.3 Å². The van der Waals surface area contributed by atoms with Gasteiger partial charge in [-0.3, -0.25) is 4.79 Å². The van der Waals surface area contributed by atoms with Gasteiger partial charge < -0.3 is 30.4 Å². The number of ketones is 1. The van der Waals surface area contributed by atoms with Gasteiger partial charge in [-0.05, 0) is 92.8 Å². The topological polar surface area (TPSA) is 133 Å². The largest absolute Gasteiger partial charge is 0.493 e. The molecule has 0 bridgehead atoms. The monoisotopic (exact) mass is 675 g/mol. The predicted molar refractivity (Wildman–Crippen MR) is 181 cm³/mol. The van der Waals surface area contributed by atoms with E-state index in [1.54, 1.807) is 44.2 Å². The first kappa shape index (κ1) is 34.8.